The highest BCUT2D eigenvalue weighted by atomic mass is 16.5. The van der Waals surface area contributed by atoms with E-state index in [1.54, 1.807) is 17.7 Å². The molecule has 0 radical (unpaired) electrons. The lowest BCUT2D eigenvalue weighted by molar-refractivity contribution is 0.0462. The minimum atomic E-state index is -0.434. The number of pyridine rings is 1. The lowest BCUT2D eigenvalue weighted by atomic mass is 10.2. The number of hydrogen-bond donors (Lipinski definition) is 1. The molecule has 0 aliphatic rings. The Balaban J connectivity index is 2.09. The van der Waals surface area contributed by atoms with E-state index in [2.05, 4.69) is 10.1 Å². The molecule has 0 aromatic carbocycles. The topological polar surface area (TPSA) is 83.0 Å². The summed E-state index contributed by atoms with van der Waals surface area (Å²) in [6, 6.07) is 3.44. The summed E-state index contributed by atoms with van der Waals surface area (Å²) in [5.74, 6) is -0.434. The minimum absolute atomic E-state index is 0.171. The van der Waals surface area contributed by atoms with Gasteiger partial charge in [-0.25, -0.2) is 4.79 Å². The van der Waals surface area contributed by atoms with Crippen molar-refractivity contribution in [3.63, 3.8) is 0 Å². The largest absolute Gasteiger partial charge is 0.456 e. The number of aryl methyl sites for hydroxylation is 3. The third-order valence-corrected chi connectivity index (χ3v) is 2.78. The number of nitrogens with zero attached hydrogens (tertiary/aromatic N) is 3. The Morgan fingerprint density at radius 2 is 2.16 bits per heavy atom. The molecule has 2 aromatic rings. The Hall–Kier alpha value is -2.37. The molecule has 0 amide bonds. The highest BCUT2D eigenvalue weighted by Gasteiger charge is 2.13. The molecule has 0 aliphatic carbocycles. The average Bonchev–Trinajstić information content (AvgIpc) is 2.68. The Morgan fingerprint density at radius 3 is 2.79 bits per heavy atom. The van der Waals surface area contributed by atoms with Crippen molar-refractivity contribution in [2.75, 3.05) is 5.73 Å². The first-order valence-corrected chi connectivity index (χ1v) is 5.86. The second kappa shape index (κ2) is 5.09. The van der Waals surface area contributed by atoms with Crippen LogP contribution in [0.25, 0.3) is 0 Å². The van der Waals surface area contributed by atoms with Gasteiger partial charge in [-0.3, -0.25) is 9.67 Å². The molecule has 0 bridgehead atoms. The van der Waals surface area contributed by atoms with Gasteiger partial charge in [0.25, 0.3) is 0 Å². The minimum Gasteiger partial charge on any atom is -0.456 e. The normalized spacial score (nSPS) is 10.5. The lowest BCUT2D eigenvalue weighted by Crippen LogP contribution is -2.10. The zero-order valence-electron chi connectivity index (χ0n) is 11.2. The molecule has 19 heavy (non-hydrogen) atoms. The van der Waals surface area contributed by atoms with Crippen LogP contribution in [-0.4, -0.2) is 20.7 Å². The van der Waals surface area contributed by atoms with Crippen molar-refractivity contribution in [3.05, 3.63) is 41.0 Å². The molecule has 2 heterocycles. The maximum atomic E-state index is 12.0. The molecule has 2 N–H and O–H groups in total. The van der Waals surface area contributed by atoms with Gasteiger partial charge >= 0.3 is 5.97 Å². The molecular formula is C13H16N4O2. The van der Waals surface area contributed by atoms with E-state index in [4.69, 9.17) is 10.5 Å². The van der Waals surface area contributed by atoms with Crippen molar-refractivity contribution >= 4 is 11.7 Å². The van der Waals surface area contributed by atoms with E-state index < -0.39 is 5.97 Å². The van der Waals surface area contributed by atoms with Gasteiger partial charge in [0.2, 0.25) is 0 Å². The number of nitrogens with two attached hydrogens (primary N) is 1. The molecule has 6 heteroatoms. The maximum absolute atomic E-state index is 12.0. The summed E-state index contributed by atoms with van der Waals surface area (Å²) in [5.41, 5.74) is 8.76. The molecule has 100 valence electrons. The fraction of sp³-hybridized carbons (Fsp3) is 0.308. The quantitative estimate of drug-likeness (QED) is 0.843. The van der Waals surface area contributed by atoms with Gasteiger partial charge in [-0.2, -0.15) is 5.10 Å². The maximum Gasteiger partial charge on any atom is 0.340 e. The van der Waals surface area contributed by atoms with Crippen LogP contribution in [0, 0.1) is 13.8 Å². The number of hydrogen-bond acceptors (Lipinski definition) is 5. The molecule has 0 fully saturated rings. The Labute approximate surface area is 111 Å². The fourth-order valence-electron chi connectivity index (χ4n) is 1.77. The van der Waals surface area contributed by atoms with Crippen molar-refractivity contribution in [1.82, 2.24) is 14.8 Å². The molecular weight excluding hydrogens is 244 g/mol. The smallest absolute Gasteiger partial charge is 0.340 e. The Bertz CT molecular complexity index is 619. The van der Waals surface area contributed by atoms with Gasteiger partial charge in [0, 0.05) is 7.05 Å². The zero-order chi connectivity index (χ0) is 14.0. The van der Waals surface area contributed by atoms with Gasteiger partial charge < -0.3 is 10.5 Å². The van der Waals surface area contributed by atoms with Gasteiger partial charge in [0.1, 0.15) is 6.61 Å². The number of rotatable bonds is 3. The number of anilines is 1. The van der Waals surface area contributed by atoms with Crippen LogP contribution in [0.2, 0.25) is 0 Å². The Kier molecular flexibility index (Phi) is 3.50. The molecule has 0 aliphatic heterocycles. The summed E-state index contributed by atoms with van der Waals surface area (Å²) in [4.78, 5) is 16.0. The van der Waals surface area contributed by atoms with Crippen molar-refractivity contribution in [2.45, 2.75) is 20.5 Å². The molecule has 6 nitrogen and oxygen atoms in total. The number of carbonyl (C=O) groups excluding carboxylic acids is 1. The van der Waals surface area contributed by atoms with Crippen LogP contribution in [0.1, 0.15) is 27.4 Å². The van der Waals surface area contributed by atoms with Gasteiger partial charge in [0.05, 0.1) is 34.5 Å². The Morgan fingerprint density at radius 1 is 1.42 bits per heavy atom. The summed E-state index contributed by atoms with van der Waals surface area (Å²) in [6.07, 6.45) is 1.51. The molecule has 0 saturated carbocycles. The molecule has 0 spiro atoms. The van der Waals surface area contributed by atoms with Crippen LogP contribution in [-0.2, 0) is 18.4 Å². The second-order valence-corrected chi connectivity index (χ2v) is 4.38. The first-order valence-electron chi connectivity index (χ1n) is 5.86. The van der Waals surface area contributed by atoms with E-state index in [0.29, 0.717) is 16.9 Å². The highest BCUT2D eigenvalue weighted by molar-refractivity contribution is 5.91. The number of carbonyl (C=O) groups is 1. The highest BCUT2D eigenvalue weighted by Crippen LogP contribution is 2.12. The van der Waals surface area contributed by atoms with Crippen LogP contribution in [0.4, 0.5) is 5.69 Å². The van der Waals surface area contributed by atoms with Gasteiger partial charge in [0.15, 0.2) is 0 Å². The predicted octanol–water partition coefficient (Wildman–Crippen LogP) is 1.37. The van der Waals surface area contributed by atoms with Crippen LogP contribution in [0.15, 0.2) is 18.3 Å². The van der Waals surface area contributed by atoms with E-state index >= 15 is 0 Å². The first kappa shape index (κ1) is 13.1. The van der Waals surface area contributed by atoms with E-state index in [1.165, 1.54) is 6.20 Å². The van der Waals surface area contributed by atoms with Crippen molar-refractivity contribution < 1.29 is 9.53 Å². The summed E-state index contributed by atoms with van der Waals surface area (Å²) in [6.45, 7) is 3.80. The summed E-state index contributed by atoms with van der Waals surface area (Å²) < 4.78 is 6.94. The third kappa shape index (κ3) is 2.90. The van der Waals surface area contributed by atoms with Gasteiger partial charge in [-0.05, 0) is 26.0 Å². The number of nitrogen functional groups attached to an aromatic ring is 1. The van der Waals surface area contributed by atoms with Gasteiger partial charge in [-0.1, -0.05) is 0 Å². The second-order valence-electron chi connectivity index (χ2n) is 4.38. The van der Waals surface area contributed by atoms with Crippen molar-refractivity contribution in [2.24, 2.45) is 7.05 Å². The predicted molar refractivity (Wildman–Crippen MR) is 70.5 cm³/mol. The monoisotopic (exact) mass is 260 g/mol. The van der Waals surface area contributed by atoms with Crippen LogP contribution in [0.5, 0.6) is 0 Å². The summed E-state index contributed by atoms with van der Waals surface area (Å²) in [7, 11) is 1.81. The standard InChI is InChI=1S/C13H16N4O2/c1-8-4-11(17(3)16-8)7-19-13(18)12-5-10(14)6-15-9(12)2/h4-6H,7,14H2,1-3H3. The van der Waals surface area contributed by atoms with E-state index in [1.807, 2.05) is 20.0 Å². The van der Waals surface area contributed by atoms with Crippen molar-refractivity contribution in [1.29, 1.82) is 0 Å². The van der Waals surface area contributed by atoms with E-state index in [9.17, 15) is 4.79 Å². The number of ether oxygens (including phenoxy) is 1. The molecule has 2 rings (SSSR count). The molecule has 2 aromatic heterocycles. The summed E-state index contributed by atoms with van der Waals surface area (Å²) in [5, 5.41) is 4.19. The van der Waals surface area contributed by atoms with Gasteiger partial charge in [-0.15, -0.1) is 0 Å². The average molecular weight is 260 g/mol. The van der Waals surface area contributed by atoms with Crippen LogP contribution in [0.3, 0.4) is 0 Å². The van der Waals surface area contributed by atoms with E-state index in [0.717, 1.165) is 11.4 Å². The first-order chi connectivity index (χ1) is 8.97. The van der Waals surface area contributed by atoms with Crippen LogP contribution < -0.4 is 5.73 Å². The molecule has 0 atom stereocenters. The third-order valence-electron chi connectivity index (χ3n) is 2.78. The SMILES string of the molecule is Cc1cc(COC(=O)c2cc(N)cnc2C)n(C)n1. The fourth-order valence-corrected chi connectivity index (χ4v) is 1.77. The molecule has 0 unspecified atom stereocenters. The number of aromatic nitrogens is 3. The lowest BCUT2D eigenvalue weighted by Gasteiger charge is -2.07. The molecule has 0 saturated heterocycles. The summed E-state index contributed by atoms with van der Waals surface area (Å²) >= 11 is 0. The van der Waals surface area contributed by atoms with Crippen LogP contribution >= 0.6 is 0 Å². The van der Waals surface area contributed by atoms with E-state index in [-0.39, 0.29) is 6.61 Å². The number of esters is 1. The zero-order valence-corrected chi connectivity index (χ0v) is 11.2. The van der Waals surface area contributed by atoms with Crippen molar-refractivity contribution in [3.8, 4) is 0 Å².